The average molecular weight is 379 g/mol. The Morgan fingerprint density at radius 3 is 2.59 bits per heavy atom. The van der Waals surface area contributed by atoms with Gasteiger partial charge in [-0.05, 0) is 41.1 Å². The van der Waals surface area contributed by atoms with E-state index in [0.717, 1.165) is 33.6 Å². The normalized spacial score (nSPS) is 16.5. The molecule has 1 saturated heterocycles. The molecule has 4 nitrogen and oxygen atoms in total. The molecule has 4 rings (SSSR count). The number of hydrogen-bond acceptors (Lipinski definition) is 4. The summed E-state index contributed by atoms with van der Waals surface area (Å²) in [5.41, 5.74) is 1.68. The van der Waals surface area contributed by atoms with Crippen molar-refractivity contribution >= 4 is 28.4 Å². The van der Waals surface area contributed by atoms with Crippen molar-refractivity contribution in [3.05, 3.63) is 71.8 Å². The van der Waals surface area contributed by atoms with Gasteiger partial charge < -0.3 is 14.4 Å². The summed E-state index contributed by atoms with van der Waals surface area (Å²) in [6.07, 6.45) is 0. The fourth-order valence-electron chi connectivity index (χ4n) is 3.46. The zero-order chi connectivity index (χ0) is 18.8. The minimum Gasteiger partial charge on any atom is -0.497 e. The summed E-state index contributed by atoms with van der Waals surface area (Å²) in [5.74, 6) is 2.47. The maximum Gasteiger partial charge on any atom is 0.255 e. The van der Waals surface area contributed by atoms with Gasteiger partial charge in [-0.1, -0.05) is 30.3 Å². The molecule has 0 aliphatic carbocycles. The first-order chi connectivity index (χ1) is 13.2. The predicted molar refractivity (Wildman–Crippen MR) is 110 cm³/mol. The van der Waals surface area contributed by atoms with Gasteiger partial charge in [0.05, 0.1) is 14.2 Å². The summed E-state index contributed by atoms with van der Waals surface area (Å²) in [6.45, 7) is 0.710. The van der Waals surface area contributed by atoms with Gasteiger partial charge in [0, 0.05) is 23.4 Å². The molecular formula is C22H21NO3S. The zero-order valence-corrected chi connectivity index (χ0v) is 16.2. The zero-order valence-electron chi connectivity index (χ0n) is 15.3. The number of carbonyl (C=O) groups excluding carboxylic acids is 1. The Morgan fingerprint density at radius 2 is 1.81 bits per heavy atom. The van der Waals surface area contributed by atoms with Crippen LogP contribution in [0.5, 0.6) is 11.5 Å². The van der Waals surface area contributed by atoms with E-state index in [4.69, 9.17) is 9.47 Å². The van der Waals surface area contributed by atoms with Gasteiger partial charge in [-0.3, -0.25) is 4.79 Å². The molecule has 3 aromatic carbocycles. The van der Waals surface area contributed by atoms with Gasteiger partial charge in [-0.2, -0.15) is 0 Å². The van der Waals surface area contributed by atoms with E-state index >= 15 is 0 Å². The highest BCUT2D eigenvalue weighted by atomic mass is 32.2. The van der Waals surface area contributed by atoms with Crippen LogP contribution in [0.2, 0.25) is 0 Å². The molecule has 1 amide bonds. The van der Waals surface area contributed by atoms with Crippen LogP contribution >= 0.6 is 11.8 Å². The average Bonchev–Trinajstić information content (AvgIpc) is 3.22. The van der Waals surface area contributed by atoms with Crippen LogP contribution in [0.15, 0.2) is 60.7 Å². The lowest BCUT2D eigenvalue weighted by atomic mass is 10.1. The van der Waals surface area contributed by atoms with Crippen molar-refractivity contribution in [2.45, 2.75) is 5.37 Å². The molecule has 0 aromatic heterocycles. The van der Waals surface area contributed by atoms with Gasteiger partial charge in [0.25, 0.3) is 5.91 Å². The number of fused-ring (bicyclic) bond motifs is 1. The second kappa shape index (κ2) is 7.53. The Balaban J connectivity index is 1.69. The topological polar surface area (TPSA) is 38.8 Å². The van der Waals surface area contributed by atoms with Gasteiger partial charge in [-0.25, -0.2) is 0 Å². The van der Waals surface area contributed by atoms with E-state index in [9.17, 15) is 4.79 Å². The Kier molecular flexibility index (Phi) is 4.94. The monoisotopic (exact) mass is 379 g/mol. The molecule has 138 valence electrons. The third kappa shape index (κ3) is 3.35. The molecule has 27 heavy (non-hydrogen) atoms. The van der Waals surface area contributed by atoms with Crippen LogP contribution in [0.4, 0.5) is 0 Å². The van der Waals surface area contributed by atoms with Crippen LogP contribution in [0, 0.1) is 0 Å². The van der Waals surface area contributed by atoms with Gasteiger partial charge in [0.2, 0.25) is 0 Å². The number of carbonyl (C=O) groups is 1. The highest BCUT2D eigenvalue weighted by molar-refractivity contribution is 7.99. The largest absolute Gasteiger partial charge is 0.497 e. The molecule has 3 aromatic rings. The predicted octanol–water partition coefficient (Wildman–Crippen LogP) is 4.74. The summed E-state index contributed by atoms with van der Waals surface area (Å²) >= 11 is 1.75. The van der Waals surface area contributed by atoms with Crippen molar-refractivity contribution in [1.29, 1.82) is 0 Å². The first kappa shape index (κ1) is 17.7. The van der Waals surface area contributed by atoms with Crippen molar-refractivity contribution < 1.29 is 14.3 Å². The maximum atomic E-state index is 13.3. The van der Waals surface area contributed by atoms with E-state index in [1.54, 1.807) is 26.0 Å². The number of benzene rings is 3. The molecule has 0 spiro atoms. The first-order valence-corrected chi connectivity index (χ1v) is 9.89. The minimum atomic E-state index is -0.0889. The van der Waals surface area contributed by atoms with E-state index in [2.05, 4.69) is 6.07 Å². The van der Waals surface area contributed by atoms with E-state index in [1.807, 2.05) is 59.5 Å². The Labute approximate surface area is 163 Å². The van der Waals surface area contributed by atoms with Crippen LogP contribution in [0.25, 0.3) is 10.8 Å². The molecular weight excluding hydrogens is 358 g/mol. The highest BCUT2D eigenvalue weighted by Gasteiger charge is 2.33. The van der Waals surface area contributed by atoms with Crippen LogP contribution in [0.3, 0.4) is 0 Å². The standard InChI is InChI=1S/C22H21NO3S/c1-25-18-9-10-20(26-2)19(14-18)22-23(11-12-27-22)21(24)17-8-7-15-5-3-4-6-16(15)13-17/h3-10,13-14,22H,11-12H2,1-2H3. The summed E-state index contributed by atoms with van der Waals surface area (Å²) in [4.78, 5) is 15.2. The molecule has 1 atom stereocenters. The molecule has 0 radical (unpaired) electrons. The van der Waals surface area contributed by atoms with Crippen molar-refractivity contribution in [2.75, 3.05) is 26.5 Å². The van der Waals surface area contributed by atoms with Gasteiger partial charge in [0.1, 0.15) is 16.9 Å². The lowest BCUT2D eigenvalue weighted by molar-refractivity contribution is 0.0759. The van der Waals surface area contributed by atoms with Gasteiger partial charge in [0.15, 0.2) is 0 Å². The van der Waals surface area contributed by atoms with Crippen molar-refractivity contribution in [3.63, 3.8) is 0 Å². The summed E-state index contributed by atoms with van der Waals surface area (Å²) < 4.78 is 10.9. The number of ether oxygens (including phenoxy) is 2. The molecule has 0 N–H and O–H groups in total. The fourth-order valence-corrected chi connectivity index (χ4v) is 4.73. The Bertz CT molecular complexity index is 988. The number of methoxy groups -OCH3 is 2. The Hall–Kier alpha value is -2.66. The molecule has 0 saturated carbocycles. The van der Waals surface area contributed by atoms with Crippen LogP contribution in [0.1, 0.15) is 21.3 Å². The second-order valence-corrected chi connectivity index (χ2v) is 7.58. The van der Waals surface area contributed by atoms with Crippen molar-refractivity contribution in [1.82, 2.24) is 4.90 Å². The quantitative estimate of drug-likeness (QED) is 0.656. The third-order valence-corrected chi connectivity index (χ3v) is 6.09. The molecule has 0 bridgehead atoms. The lowest BCUT2D eigenvalue weighted by Crippen LogP contribution is -2.30. The third-order valence-electron chi connectivity index (χ3n) is 4.85. The van der Waals surface area contributed by atoms with Crippen molar-refractivity contribution in [3.8, 4) is 11.5 Å². The first-order valence-electron chi connectivity index (χ1n) is 8.84. The highest BCUT2D eigenvalue weighted by Crippen LogP contribution is 2.43. The fraction of sp³-hybridized carbons (Fsp3) is 0.227. The summed E-state index contributed by atoms with van der Waals surface area (Å²) in [7, 11) is 3.30. The molecule has 1 aliphatic rings. The van der Waals surface area contributed by atoms with E-state index in [0.29, 0.717) is 12.1 Å². The number of nitrogens with zero attached hydrogens (tertiary/aromatic N) is 1. The van der Waals surface area contributed by atoms with E-state index in [-0.39, 0.29) is 11.3 Å². The van der Waals surface area contributed by atoms with E-state index in [1.165, 1.54) is 0 Å². The smallest absolute Gasteiger partial charge is 0.255 e. The lowest BCUT2D eigenvalue weighted by Gasteiger charge is -2.26. The van der Waals surface area contributed by atoms with Crippen LogP contribution < -0.4 is 9.47 Å². The van der Waals surface area contributed by atoms with Crippen LogP contribution in [-0.4, -0.2) is 37.3 Å². The molecule has 5 heteroatoms. The molecule has 1 unspecified atom stereocenters. The number of amides is 1. The van der Waals surface area contributed by atoms with Gasteiger partial charge >= 0.3 is 0 Å². The number of thioether (sulfide) groups is 1. The van der Waals surface area contributed by atoms with Crippen LogP contribution in [-0.2, 0) is 0 Å². The van der Waals surface area contributed by atoms with Gasteiger partial charge in [-0.15, -0.1) is 11.8 Å². The summed E-state index contributed by atoms with van der Waals surface area (Å²) in [6, 6.07) is 19.7. The second-order valence-electron chi connectivity index (χ2n) is 6.39. The van der Waals surface area contributed by atoms with E-state index < -0.39 is 0 Å². The Morgan fingerprint density at radius 1 is 1.00 bits per heavy atom. The van der Waals surface area contributed by atoms with Crippen molar-refractivity contribution in [2.24, 2.45) is 0 Å². The molecule has 1 aliphatic heterocycles. The minimum absolute atomic E-state index is 0.0422. The maximum absolute atomic E-state index is 13.3. The number of hydrogen-bond donors (Lipinski definition) is 0. The SMILES string of the molecule is COc1ccc(OC)c(C2SCCN2C(=O)c2ccc3ccccc3c2)c1. The summed E-state index contributed by atoms with van der Waals surface area (Å²) in [5, 5.41) is 2.12. The molecule has 1 fully saturated rings. The number of rotatable bonds is 4. The molecule has 1 heterocycles.